The number of benzene rings is 1. The molecular weight excluding hydrogens is 530 g/mol. The number of anilines is 1. The first-order valence-corrected chi connectivity index (χ1v) is 15.1. The van der Waals surface area contributed by atoms with Gasteiger partial charge >= 0.3 is 11.9 Å². The summed E-state index contributed by atoms with van der Waals surface area (Å²) in [5.41, 5.74) is 2.60. The van der Waals surface area contributed by atoms with Crippen molar-refractivity contribution in [3.8, 4) is 0 Å². The van der Waals surface area contributed by atoms with E-state index in [1.807, 2.05) is 24.3 Å². The van der Waals surface area contributed by atoms with E-state index in [-0.39, 0.29) is 25.0 Å². The van der Waals surface area contributed by atoms with Crippen LogP contribution in [0, 0.1) is 11.3 Å². The zero-order chi connectivity index (χ0) is 28.1. The number of rotatable bonds is 12. The second-order valence-electron chi connectivity index (χ2n) is 11.8. The molecule has 216 valence electrons. The van der Waals surface area contributed by atoms with Crippen molar-refractivity contribution in [1.29, 1.82) is 0 Å². The van der Waals surface area contributed by atoms with Gasteiger partial charge < -0.3 is 20.4 Å². The second kappa shape index (κ2) is 12.9. The number of nitrogens with one attached hydrogen (secondary N) is 1. The number of aromatic nitrogens is 1. The highest BCUT2D eigenvalue weighted by Crippen LogP contribution is 2.44. The number of hydroxylamine groups is 2. The Morgan fingerprint density at radius 3 is 2.70 bits per heavy atom. The molecule has 2 saturated carbocycles. The lowest BCUT2D eigenvalue weighted by Gasteiger charge is -2.44. The first kappa shape index (κ1) is 28.8. The molecule has 0 amide bonds. The predicted octanol–water partition coefficient (Wildman–Crippen LogP) is 5.20. The monoisotopic (exact) mass is 569 g/mol. The van der Waals surface area contributed by atoms with Crippen LogP contribution in [0.1, 0.15) is 74.6 Å². The molecule has 2 heterocycles. The molecular formula is C31H40ClN3O5. The molecule has 0 spiro atoms. The first-order valence-electron chi connectivity index (χ1n) is 14.7. The lowest BCUT2D eigenvalue weighted by molar-refractivity contribution is -0.242. The predicted molar refractivity (Wildman–Crippen MR) is 153 cm³/mol. The molecule has 1 aromatic carbocycles. The van der Waals surface area contributed by atoms with Gasteiger partial charge in [0.05, 0.1) is 5.41 Å². The zero-order valence-corrected chi connectivity index (χ0v) is 23.7. The van der Waals surface area contributed by atoms with Crippen LogP contribution in [0.2, 0.25) is 5.02 Å². The third-order valence-corrected chi connectivity index (χ3v) is 9.17. The number of aliphatic carboxylic acids is 1. The molecule has 2 aliphatic carbocycles. The molecule has 2 fully saturated rings. The van der Waals surface area contributed by atoms with Crippen molar-refractivity contribution in [2.24, 2.45) is 11.3 Å². The van der Waals surface area contributed by atoms with Gasteiger partial charge in [-0.2, -0.15) is 0 Å². The number of carboxylic acids is 1. The lowest BCUT2D eigenvalue weighted by atomic mass is 9.76. The van der Waals surface area contributed by atoms with Crippen molar-refractivity contribution >= 4 is 29.4 Å². The topological polar surface area (TPSA) is 112 Å². The summed E-state index contributed by atoms with van der Waals surface area (Å²) in [5.74, 6) is -0.0672. The van der Waals surface area contributed by atoms with Crippen LogP contribution in [0.5, 0.6) is 0 Å². The van der Waals surface area contributed by atoms with Crippen molar-refractivity contribution < 1.29 is 24.6 Å². The van der Waals surface area contributed by atoms with Crippen LogP contribution < -0.4 is 5.32 Å². The van der Waals surface area contributed by atoms with Crippen LogP contribution in [0.4, 0.5) is 5.82 Å². The number of halogens is 1. The minimum absolute atomic E-state index is 0.00286. The van der Waals surface area contributed by atoms with Crippen molar-refractivity contribution in [1.82, 2.24) is 10.0 Å². The Bertz CT molecular complexity index is 1200. The molecule has 2 aromatic rings. The van der Waals surface area contributed by atoms with Gasteiger partial charge in [-0.25, -0.2) is 9.78 Å². The van der Waals surface area contributed by atoms with Gasteiger partial charge in [0.2, 0.25) is 0 Å². The fourth-order valence-electron chi connectivity index (χ4n) is 6.61. The maximum absolute atomic E-state index is 13.8. The average Bonchev–Trinajstić information content (AvgIpc) is 3.39. The van der Waals surface area contributed by atoms with Crippen LogP contribution in [0.3, 0.4) is 0 Å². The normalized spacial score (nSPS) is 22.2. The second-order valence-corrected chi connectivity index (χ2v) is 12.2. The molecule has 0 unspecified atom stereocenters. The number of nitrogens with zero attached hydrogens (tertiary/aromatic N) is 2. The van der Waals surface area contributed by atoms with Gasteiger partial charge in [0, 0.05) is 29.9 Å². The summed E-state index contributed by atoms with van der Waals surface area (Å²) >= 11 is 6.21. The van der Waals surface area contributed by atoms with E-state index in [4.69, 9.17) is 21.4 Å². The van der Waals surface area contributed by atoms with Crippen molar-refractivity contribution in [3.05, 3.63) is 58.2 Å². The Labute approximate surface area is 241 Å². The number of hydrogen-bond acceptors (Lipinski definition) is 7. The van der Waals surface area contributed by atoms with Crippen molar-refractivity contribution in [3.63, 3.8) is 0 Å². The highest BCUT2D eigenvalue weighted by atomic mass is 35.5. The van der Waals surface area contributed by atoms with Crippen LogP contribution in [0.25, 0.3) is 0 Å². The van der Waals surface area contributed by atoms with Gasteiger partial charge in [0.25, 0.3) is 0 Å². The van der Waals surface area contributed by atoms with E-state index in [0.29, 0.717) is 30.2 Å². The number of pyridine rings is 1. The number of hydrogen-bond donors (Lipinski definition) is 3. The number of fused-ring (bicyclic) bond motifs is 1. The number of aliphatic hydroxyl groups excluding tert-OH is 1. The molecule has 3 aliphatic rings. The molecule has 1 aliphatic heterocycles. The molecule has 1 atom stereocenters. The summed E-state index contributed by atoms with van der Waals surface area (Å²) < 4.78 is 0. The van der Waals surface area contributed by atoms with Crippen LogP contribution in [-0.4, -0.2) is 57.4 Å². The Hall–Kier alpha value is -2.68. The Kier molecular flexibility index (Phi) is 9.28. The number of carboxylic acid groups (broad SMARTS) is 1. The minimum atomic E-state index is -1.09. The molecule has 1 aromatic heterocycles. The molecule has 9 heteroatoms. The third-order valence-electron chi connectivity index (χ3n) is 8.94. The summed E-state index contributed by atoms with van der Waals surface area (Å²) in [6, 6.07) is 10.5. The van der Waals surface area contributed by atoms with Crippen LogP contribution in [0.15, 0.2) is 36.4 Å². The summed E-state index contributed by atoms with van der Waals surface area (Å²) in [5, 5.41) is 25.0. The van der Waals surface area contributed by atoms with E-state index in [9.17, 15) is 19.8 Å². The smallest absolute Gasteiger partial charge is 0.331 e. The fraction of sp³-hybridized carbons (Fsp3) is 0.581. The first-order chi connectivity index (χ1) is 19.4. The van der Waals surface area contributed by atoms with Crippen molar-refractivity contribution in [2.75, 3.05) is 18.5 Å². The maximum Gasteiger partial charge on any atom is 0.331 e. The summed E-state index contributed by atoms with van der Waals surface area (Å²) in [7, 11) is 0. The summed E-state index contributed by atoms with van der Waals surface area (Å²) in [6.07, 6.45) is 9.22. The van der Waals surface area contributed by atoms with E-state index in [1.54, 1.807) is 0 Å². The number of aliphatic hydroxyl groups is 1. The molecule has 0 radical (unpaired) electrons. The Morgan fingerprint density at radius 2 is 1.98 bits per heavy atom. The fourth-order valence-corrected chi connectivity index (χ4v) is 6.83. The molecule has 0 bridgehead atoms. The van der Waals surface area contributed by atoms with E-state index in [1.165, 1.54) is 10.6 Å². The van der Waals surface area contributed by atoms with Gasteiger partial charge in [0.15, 0.2) is 0 Å². The van der Waals surface area contributed by atoms with E-state index in [0.717, 1.165) is 75.0 Å². The maximum atomic E-state index is 13.8. The van der Waals surface area contributed by atoms with Crippen LogP contribution in [-0.2, 0) is 33.7 Å². The molecule has 8 nitrogen and oxygen atoms in total. The zero-order valence-electron chi connectivity index (χ0n) is 23.0. The van der Waals surface area contributed by atoms with E-state index in [2.05, 4.69) is 17.4 Å². The SMILES string of the molecule is O=C(O)[C@H](CCO)N(OC(=O)C1(Cc2cccc(Cl)c2)CCCC1)C1CC(CCc2ccc3c(n2)NCCC3)C1. The molecule has 40 heavy (non-hydrogen) atoms. The summed E-state index contributed by atoms with van der Waals surface area (Å²) in [4.78, 5) is 36.9. The Balaban J connectivity index is 1.24. The summed E-state index contributed by atoms with van der Waals surface area (Å²) in [6.45, 7) is 0.661. The largest absolute Gasteiger partial charge is 0.480 e. The van der Waals surface area contributed by atoms with Gasteiger partial charge in [0.1, 0.15) is 11.9 Å². The highest BCUT2D eigenvalue weighted by molar-refractivity contribution is 6.30. The number of carbonyl (C=O) groups excluding carboxylic acids is 1. The average molecular weight is 570 g/mol. The van der Waals surface area contributed by atoms with Gasteiger partial charge in [-0.15, -0.1) is 5.06 Å². The minimum Gasteiger partial charge on any atom is -0.480 e. The highest BCUT2D eigenvalue weighted by Gasteiger charge is 2.47. The van der Waals surface area contributed by atoms with Crippen LogP contribution >= 0.6 is 11.6 Å². The Morgan fingerprint density at radius 1 is 1.18 bits per heavy atom. The number of aryl methyl sites for hydroxylation is 2. The lowest BCUT2D eigenvalue weighted by Crippen LogP contribution is -2.55. The van der Waals surface area contributed by atoms with Gasteiger partial charge in [-0.3, -0.25) is 4.79 Å². The van der Waals surface area contributed by atoms with Gasteiger partial charge in [-0.05, 0) is 99.5 Å². The van der Waals surface area contributed by atoms with Crippen molar-refractivity contribution in [2.45, 2.75) is 89.1 Å². The molecule has 3 N–H and O–H groups in total. The molecule has 0 saturated heterocycles. The third kappa shape index (κ3) is 6.61. The quantitative estimate of drug-likeness (QED) is 0.299. The van der Waals surface area contributed by atoms with Gasteiger partial charge in [-0.1, -0.05) is 42.6 Å². The molecule has 5 rings (SSSR count). The number of carbonyl (C=O) groups is 2. The standard InChI is InChI=1S/C31H40ClN3O5/c32-24-7-3-5-22(17-24)20-31(13-1-2-14-31)30(39)40-35(27(12-16-36)29(37)38)26-18-21(19-26)8-10-25-11-9-23-6-4-15-33-28(23)34-25/h3,5,7,9,11,17,21,26-27,36H,1-2,4,6,8,10,12-16,18-20H2,(H,33,34)(H,37,38)/t21?,26?,27-/m0/s1. The van der Waals surface area contributed by atoms with E-state index < -0.39 is 17.4 Å². The van der Waals surface area contributed by atoms with E-state index >= 15 is 0 Å².